The molecule has 1 N–H and O–H groups in total. The average Bonchev–Trinajstić information content (AvgIpc) is 2.65. The first-order valence-corrected chi connectivity index (χ1v) is 5.79. The van der Waals surface area contributed by atoms with Crippen LogP contribution in [0.3, 0.4) is 0 Å². The van der Waals surface area contributed by atoms with Crippen LogP contribution < -0.4 is 0 Å². The summed E-state index contributed by atoms with van der Waals surface area (Å²) in [6.45, 7) is 5.33. The molecule has 2 saturated heterocycles. The smallest absolute Gasteiger partial charge is 0.112 e. The first-order valence-electron chi connectivity index (χ1n) is 5.79. The number of nitriles is 1. The molecule has 0 aromatic carbocycles. The van der Waals surface area contributed by atoms with Crippen molar-refractivity contribution < 1.29 is 14.6 Å². The average molecular weight is 225 g/mol. The fraction of sp³-hybridized carbons (Fsp3) is 0.917. The van der Waals surface area contributed by atoms with Crippen molar-refractivity contribution >= 4 is 0 Å². The van der Waals surface area contributed by atoms with E-state index < -0.39 is 11.0 Å². The van der Waals surface area contributed by atoms with Gasteiger partial charge in [-0.1, -0.05) is 0 Å². The zero-order valence-corrected chi connectivity index (χ0v) is 9.95. The third kappa shape index (κ3) is 1.73. The van der Waals surface area contributed by atoms with Crippen LogP contribution in [-0.2, 0) is 9.47 Å². The van der Waals surface area contributed by atoms with Crippen LogP contribution in [0.15, 0.2) is 0 Å². The van der Waals surface area contributed by atoms with Gasteiger partial charge in [0.25, 0.3) is 0 Å². The van der Waals surface area contributed by atoms with E-state index in [1.807, 2.05) is 13.8 Å². The third-order valence-electron chi connectivity index (χ3n) is 3.85. The monoisotopic (exact) mass is 225 g/mol. The van der Waals surface area contributed by atoms with Crippen LogP contribution in [-0.4, -0.2) is 36.1 Å². The van der Waals surface area contributed by atoms with Gasteiger partial charge in [0, 0.05) is 19.4 Å². The summed E-state index contributed by atoms with van der Waals surface area (Å²) in [7, 11) is 0. The Morgan fingerprint density at radius 1 is 1.25 bits per heavy atom. The van der Waals surface area contributed by atoms with Crippen molar-refractivity contribution in [2.24, 2.45) is 5.41 Å². The summed E-state index contributed by atoms with van der Waals surface area (Å²) in [6.07, 6.45) is 1.64. The Balaban J connectivity index is 2.27. The number of hydrogen-bond donors (Lipinski definition) is 1. The van der Waals surface area contributed by atoms with Gasteiger partial charge in [0.05, 0.1) is 30.5 Å². The van der Waals surface area contributed by atoms with Crippen molar-refractivity contribution in [1.29, 1.82) is 5.26 Å². The lowest BCUT2D eigenvalue weighted by Crippen LogP contribution is -2.56. The number of aliphatic hydroxyl groups is 1. The lowest BCUT2D eigenvalue weighted by atomic mass is 9.65. The first kappa shape index (κ1) is 11.8. The summed E-state index contributed by atoms with van der Waals surface area (Å²) in [5, 5.41) is 20.1. The van der Waals surface area contributed by atoms with Crippen molar-refractivity contribution in [3.05, 3.63) is 0 Å². The number of nitrogens with zero attached hydrogens (tertiary/aromatic N) is 1. The van der Waals surface area contributed by atoms with Crippen LogP contribution in [0, 0.1) is 16.7 Å². The molecule has 4 heteroatoms. The SMILES string of the molecule is CC1(C)CC(O)(C2(C#N)CCOC2)CCO1. The second-order valence-corrected chi connectivity index (χ2v) is 5.56. The van der Waals surface area contributed by atoms with Gasteiger partial charge >= 0.3 is 0 Å². The molecule has 0 spiro atoms. The lowest BCUT2D eigenvalue weighted by Gasteiger charge is -2.47. The maximum atomic E-state index is 10.8. The molecule has 2 atom stereocenters. The van der Waals surface area contributed by atoms with Gasteiger partial charge in [-0.3, -0.25) is 0 Å². The predicted molar refractivity (Wildman–Crippen MR) is 57.7 cm³/mol. The third-order valence-corrected chi connectivity index (χ3v) is 3.85. The maximum Gasteiger partial charge on any atom is 0.112 e. The Morgan fingerprint density at radius 3 is 2.50 bits per heavy atom. The van der Waals surface area contributed by atoms with Crippen molar-refractivity contribution in [2.75, 3.05) is 19.8 Å². The number of ether oxygens (including phenoxy) is 2. The molecule has 16 heavy (non-hydrogen) atoms. The van der Waals surface area contributed by atoms with Crippen LogP contribution in [0.25, 0.3) is 0 Å². The maximum absolute atomic E-state index is 10.8. The van der Waals surface area contributed by atoms with E-state index >= 15 is 0 Å². The van der Waals surface area contributed by atoms with Crippen molar-refractivity contribution in [3.8, 4) is 6.07 Å². The molecule has 0 bridgehead atoms. The summed E-state index contributed by atoms with van der Waals surface area (Å²) >= 11 is 0. The summed E-state index contributed by atoms with van der Waals surface area (Å²) in [5.41, 5.74) is -2.08. The number of hydrogen-bond acceptors (Lipinski definition) is 4. The zero-order valence-electron chi connectivity index (χ0n) is 9.95. The molecular weight excluding hydrogens is 206 g/mol. The van der Waals surface area contributed by atoms with E-state index in [2.05, 4.69) is 6.07 Å². The second-order valence-electron chi connectivity index (χ2n) is 5.56. The molecular formula is C12H19NO3. The zero-order chi connectivity index (χ0) is 11.9. The Kier molecular flexibility index (Phi) is 2.73. The van der Waals surface area contributed by atoms with Gasteiger partial charge in [-0.05, 0) is 20.3 Å². The van der Waals surface area contributed by atoms with Crippen molar-refractivity contribution in [3.63, 3.8) is 0 Å². The van der Waals surface area contributed by atoms with Crippen molar-refractivity contribution in [2.45, 2.75) is 44.3 Å². The fourth-order valence-electron chi connectivity index (χ4n) is 2.87. The van der Waals surface area contributed by atoms with E-state index in [-0.39, 0.29) is 5.60 Å². The summed E-state index contributed by atoms with van der Waals surface area (Å²) in [5.74, 6) is 0. The Morgan fingerprint density at radius 2 is 2.00 bits per heavy atom. The van der Waals surface area contributed by atoms with Crippen LogP contribution >= 0.6 is 0 Å². The molecule has 0 amide bonds. The lowest BCUT2D eigenvalue weighted by molar-refractivity contribution is -0.181. The van der Waals surface area contributed by atoms with Gasteiger partial charge in [0.2, 0.25) is 0 Å². The van der Waals surface area contributed by atoms with E-state index in [0.717, 1.165) is 0 Å². The largest absolute Gasteiger partial charge is 0.388 e. The van der Waals surface area contributed by atoms with Crippen LogP contribution in [0.5, 0.6) is 0 Å². The molecule has 90 valence electrons. The molecule has 2 fully saturated rings. The van der Waals surface area contributed by atoms with E-state index in [4.69, 9.17) is 9.47 Å². The van der Waals surface area contributed by atoms with Crippen LogP contribution in [0.2, 0.25) is 0 Å². The first-order chi connectivity index (χ1) is 7.43. The van der Waals surface area contributed by atoms with Gasteiger partial charge in [-0.2, -0.15) is 5.26 Å². The Hall–Kier alpha value is -0.630. The number of rotatable bonds is 1. The quantitative estimate of drug-likeness (QED) is 0.729. The molecule has 0 aromatic rings. The molecule has 0 aromatic heterocycles. The molecule has 0 aliphatic carbocycles. The Bertz CT molecular complexity index is 315. The predicted octanol–water partition coefficient (Wildman–Crippen LogP) is 1.24. The normalized spacial score (nSPS) is 42.9. The standard InChI is InChI=1S/C12H19NO3/c1-10(2)7-12(14,4-6-16-10)11(8-13)3-5-15-9-11/h14H,3-7,9H2,1-2H3. The molecule has 4 nitrogen and oxygen atoms in total. The van der Waals surface area contributed by atoms with Gasteiger partial charge in [-0.15, -0.1) is 0 Å². The topological polar surface area (TPSA) is 62.5 Å². The van der Waals surface area contributed by atoms with Gasteiger partial charge < -0.3 is 14.6 Å². The van der Waals surface area contributed by atoms with Gasteiger partial charge in [0.15, 0.2) is 0 Å². The summed E-state index contributed by atoms with van der Waals surface area (Å²) < 4.78 is 10.9. The van der Waals surface area contributed by atoms with E-state index in [1.54, 1.807) is 0 Å². The summed E-state index contributed by atoms with van der Waals surface area (Å²) in [4.78, 5) is 0. The van der Waals surface area contributed by atoms with Gasteiger partial charge in [-0.25, -0.2) is 0 Å². The van der Waals surface area contributed by atoms with Crippen LogP contribution in [0.1, 0.15) is 33.1 Å². The highest BCUT2D eigenvalue weighted by atomic mass is 16.5. The Labute approximate surface area is 96.2 Å². The van der Waals surface area contributed by atoms with E-state index in [9.17, 15) is 10.4 Å². The minimum absolute atomic E-state index is 0.343. The van der Waals surface area contributed by atoms with Crippen molar-refractivity contribution in [1.82, 2.24) is 0 Å². The molecule has 2 unspecified atom stereocenters. The van der Waals surface area contributed by atoms with E-state index in [1.165, 1.54) is 0 Å². The molecule has 2 aliphatic rings. The molecule has 2 rings (SSSR count). The fourth-order valence-corrected chi connectivity index (χ4v) is 2.87. The highest BCUT2D eigenvalue weighted by Crippen LogP contribution is 2.47. The van der Waals surface area contributed by atoms with E-state index in [0.29, 0.717) is 39.1 Å². The molecule has 2 heterocycles. The minimum atomic E-state index is -0.972. The highest BCUT2D eigenvalue weighted by Gasteiger charge is 2.56. The van der Waals surface area contributed by atoms with Gasteiger partial charge in [0.1, 0.15) is 5.41 Å². The van der Waals surface area contributed by atoms with Crippen LogP contribution in [0.4, 0.5) is 0 Å². The second kappa shape index (κ2) is 3.69. The summed E-state index contributed by atoms with van der Waals surface area (Å²) in [6, 6.07) is 2.29. The highest BCUT2D eigenvalue weighted by molar-refractivity contribution is 5.15. The molecule has 0 saturated carbocycles. The molecule has 2 aliphatic heterocycles. The minimum Gasteiger partial charge on any atom is -0.388 e. The molecule has 0 radical (unpaired) electrons.